The van der Waals surface area contributed by atoms with Crippen molar-refractivity contribution in [3.8, 4) is 0 Å². The van der Waals surface area contributed by atoms with Crippen LogP contribution in [0, 0.1) is 16.0 Å². The zero-order valence-electron chi connectivity index (χ0n) is 11.3. The molecule has 0 aliphatic carbocycles. The van der Waals surface area contributed by atoms with Crippen LogP contribution in [0.25, 0.3) is 0 Å². The van der Waals surface area contributed by atoms with Gasteiger partial charge in [-0.15, -0.1) is 0 Å². The number of amides is 2. The highest BCUT2D eigenvalue weighted by molar-refractivity contribution is 5.89. The van der Waals surface area contributed by atoms with Gasteiger partial charge in [0.05, 0.1) is 4.92 Å². The fraction of sp³-hybridized carbons (Fsp3) is 0.462. The van der Waals surface area contributed by atoms with Gasteiger partial charge in [-0.05, 0) is 18.4 Å². The van der Waals surface area contributed by atoms with Gasteiger partial charge >= 0.3 is 6.03 Å². The number of rotatable bonds is 2. The zero-order valence-corrected chi connectivity index (χ0v) is 11.3. The Kier molecular flexibility index (Phi) is 4.19. The Labute approximate surface area is 116 Å². The van der Waals surface area contributed by atoms with Crippen molar-refractivity contribution in [1.29, 1.82) is 0 Å². The molecule has 7 heteroatoms. The molecule has 1 aromatic carbocycles. The Morgan fingerprint density at radius 2 is 2.25 bits per heavy atom. The van der Waals surface area contributed by atoms with Crippen LogP contribution in [0.15, 0.2) is 24.3 Å². The van der Waals surface area contributed by atoms with Crippen LogP contribution in [0.2, 0.25) is 0 Å². The van der Waals surface area contributed by atoms with Crippen LogP contribution in [0.1, 0.15) is 13.3 Å². The fourth-order valence-corrected chi connectivity index (χ4v) is 2.47. The number of carbonyl (C=O) groups is 1. The SMILES string of the molecule is CC1CC(N)CN(C(=O)Nc2cccc([N+](=O)[O-])c2)C1. The largest absolute Gasteiger partial charge is 0.326 e. The first-order chi connectivity index (χ1) is 9.45. The lowest BCUT2D eigenvalue weighted by Crippen LogP contribution is -2.50. The molecule has 1 saturated heterocycles. The van der Waals surface area contributed by atoms with E-state index in [1.54, 1.807) is 11.0 Å². The van der Waals surface area contributed by atoms with E-state index in [0.29, 0.717) is 24.7 Å². The van der Waals surface area contributed by atoms with Crippen molar-refractivity contribution < 1.29 is 9.72 Å². The van der Waals surface area contributed by atoms with E-state index in [9.17, 15) is 14.9 Å². The van der Waals surface area contributed by atoms with Crippen LogP contribution in [0.3, 0.4) is 0 Å². The molecule has 0 radical (unpaired) electrons. The average molecular weight is 278 g/mol. The number of hydrogen-bond acceptors (Lipinski definition) is 4. The third kappa shape index (κ3) is 3.45. The normalized spacial score (nSPS) is 22.4. The van der Waals surface area contributed by atoms with Gasteiger partial charge in [-0.3, -0.25) is 10.1 Å². The molecule has 108 valence electrons. The number of anilines is 1. The first-order valence-corrected chi connectivity index (χ1v) is 6.51. The molecule has 7 nitrogen and oxygen atoms in total. The third-order valence-corrected chi connectivity index (χ3v) is 3.29. The maximum atomic E-state index is 12.1. The van der Waals surface area contributed by atoms with Gasteiger partial charge in [0.15, 0.2) is 0 Å². The molecule has 2 atom stereocenters. The number of hydrogen-bond donors (Lipinski definition) is 2. The highest BCUT2D eigenvalue weighted by atomic mass is 16.6. The molecule has 2 amide bonds. The lowest BCUT2D eigenvalue weighted by molar-refractivity contribution is -0.384. The van der Waals surface area contributed by atoms with Gasteiger partial charge in [0.1, 0.15) is 0 Å². The summed E-state index contributed by atoms with van der Waals surface area (Å²) in [4.78, 5) is 24.0. The van der Waals surface area contributed by atoms with Gasteiger partial charge < -0.3 is 16.0 Å². The highest BCUT2D eigenvalue weighted by Gasteiger charge is 2.25. The number of nitrogens with two attached hydrogens (primary N) is 1. The van der Waals surface area contributed by atoms with Crippen LogP contribution < -0.4 is 11.1 Å². The first kappa shape index (κ1) is 14.3. The topological polar surface area (TPSA) is 102 Å². The van der Waals surface area contributed by atoms with Gasteiger partial charge in [-0.2, -0.15) is 0 Å². The van der Waals surface area contributed by atoms with Crippen molar-refractivity contribution in [2.24, 2.45) is 11.7 Å². The molecule has 0 aromatic heterocycles. The van der Waals surface area contributed by atoms with Gasteiger partial charge in [-0.25, -0.2) is 4.79 Å². The average Bonchev–Trinajstić information content (AvgIpc) is 2.37. The van der Waals surface area contributed by atoms with Crippen LogP contribution in [0.4, 0.5) is 16.2 Å². The van der Waals surface area contributed by atoms with Crippen LogP contribution in [-0.2, 0) is 0 Å². The molecule has 0 spiro atoms. The van der Waals surface area contributed by atoms with Gasteiger partial charge in [0.2, 0.25) is 0 Å². The number of nitro groups is 1. The quantitative estimate of drug-likeness (QED) is 0.636. The number of nitrogens with zero attached hydrogens (tertiary/aromatic N) is 2. The molecule has 0 bridgehead atoms. The molecule has 1 fully saturated rings. The Morgan fingerprint density at radius 3 is 2.90 bits per heavy atom. The molecule has 3 N–H and O–H groups in total. The van der Waals surface area contributed by atoms with E-state index >= 15 is 0 Å². The van der Waals surface area contributed by atoms with Gasteiger partial charge in [-0.1, -0.05) is 13.0 Å². The first-order valence-electron chi connectivity index (χ1n) is 6.51. The molecular formula is C13H18N4O3. The predicted molar refractivity (Wildman–Crippen MR) is 75.4 cm³/mol. The Morgan fingerprint density at radius 1 is 1.50 bits per heavy atom. The second kappa shape index (κ2) is 5.87. The van der Waals surface area contributed by atoms with Crippen molar-refractivity contribution in [2.75, 3.05) is 18.4 Å². The van der Waals surface area contributed by atoms with E-state index in [1.165, 1.54) is 18.2 Å². The van der Waals surface area contributed by atoms with E-state index in [-0.39, 0.29) is 17.8 Å². The number of nitrogens with one attached hydrogen (secondary N) is 1. The Hall–Kier alpha value is -2.15. The molecule has 1 aliphatic heterocycles. The lowest BCUT2D eigenvalue weighted by Gasteiger charge is -2.34. The summed E-state index contributed by atoms with van der Waals surface area (Å²) >= 11 is 0. The molecule has 2 rings (SSSR count). The summed E-state index contributed by atoms with van der Waals surface area (Å²) in [6.45, 7) is 3.20. The highest BCUT2D eigenvalue weighted by Crippen LogP contribution is 2.19. The maximum absolute atomic E-state index is 12.1. The summed E-state index contributed by atoms with van der Waals surface area (Å²) in [5, 5.41) is 13.4. The van der Waals surface area contributed by atoms with Crippen molar-refractivity contribution in [3.63, 3.8) is 0 Å². The van der Waals surface area contributed by atoms with Gasteiger partial charge in [0, 0.05) is 37.0 Å². The summed E-state index contributed by atoms with van der Waals surface area (Å²) in [6, 6.07) is 5.60. The number of carbonyl (C=O) groups excluding carboxylic acids is 1. The fourth-order valence-electron chi connectivity index (χ4n) is 2.47. The van der Waals surface area contributed by atoms with E-state index < -0.39 is 4.92 Å². The molecule has 1 aliphatic rings. The van der Waals surface area contributed by atoms with Crippen LogP contribution in [-0.4, -0.2) is 35.0 Å². The van der Waals surface area contributed by atoms with Crippen molar-refractivity contribution in [2.45, 2.75) is 19.4 Å². The number of urea groups is 1. The van der Waals surface area contributed by atoms with Crippen LogP contribution in [0.5, 0.6) is 0 Å². The number of piperidine rings is 1. The number of non-ortho nitro benzene ring substituents is 1. The summed E-state index contributed by atoms with van der Waals surface area (Å²) < 4.78 is 0. The summed E-state index contributed by atoms with van der Waals surface area (Å²) in [7, 11) is 0. The minimum absolute atomic E-state index is 0.0189. The molecular weight excluding hydrogens is 260 g/mol. The summed E-state index contributed by atoms with van der Waals surface area (Å²) in [5.74, 6) is 0.356. The zero-order chi connectivity index (χ0) is 14.7. The maximum Gasteiger partial charge on any atom is 0.321 e. The minimum Gasteiger partial charge on any atom is -0.326 e. The predicted octanol–water partition coefficient (Wildman–Crippen LogP) is 1.80. The second-order valence-electron chi connectivity index (χ2n) is 5.24. The number of benzene rings is 1. The lowest BCUT2D eigenvalue weighted by atomic mass is 9.97. The van der Waals surface area contributed by atoms with Crippen molar-refractivity contribution in [1.82, 2.24) is 4.90 Å². The Bertz CT molecular complexity index is 510. The Balaban J connectivity index is 2.04. The second-order valence-corrected chi connectivity index (χ2v) is 5.24. The number of likely N-dealkylation sites (tertiary alicyclic amines) is 1. The summed E-state index contributed by atoms with van der Waals surface area (Å²) in [5.41, 5.74) is 6.26. The molecule has 2 unspecified atom stereocenters. The molecule has 0 saturated carbocycles. The molecule has 1 aromatic rings. The van der Waals surface area contributed by atoms with E-state index in [4.69, 9.17) is 5.73 Å². The molecule has 1 heterocycles. The van der Waals surface area contributed by atoms with Crippen LogP contribution >= 0.6 is 0 Å². The smallest absolute Gasteiger partial charge is 0.321 e. The summed E-state index contributed by atoms with van der Waals surface area (Å²) in [6.07, 6.45) is 0.903. The number of nitro benzene ring substituents is 1. The van der Waals surface area contributed by atoms with E-state index in [1.807, 2.05) is 6.92 Å². The standard InChI is InChI=1S/C13H18N4O3/c1-9-5-10(14)8-16(7-9)13(18)15-11-3-2-4-12(6-11)17(19)20/h2-4,6,9-10H,5,7-8,14H2,1H3,(H,15,18). The monoisotopic (exact) mass is 278 g/mol. The van der Waals surface area contributed by atoms with Crippen molar-refractivity contribution in [3.05, 3.63) is 34.4 Å². The van der Waals surface area contributed by atoms with Gasteiger partial charge in [0.25, 0.3) is 5.69 Å². The minimum atomic E-state index is -0.492. The van der Waals surface area contributed by atoms with Crippen molar-refractivity contribution >= 4 is 17.4 Å². The van der Waals surface area contributed by atoms with E-state index in [0.717, 1.165) is 6.42 Å². The molecule has 20 heavy (non-hydrogen) atoms. The third-order valence-electron chi connectivity index (χ3n) is 3.29. The van der Waals surface area contributed by atoms with E-state index in [2.05, 4.69) is 5.32 Å².